The van der Waals surface area contributed by atoms with Crippen molar-refractivity contribution in [3.63, 3.8) is 0 Å². The maximum Gasteiger partial charge on any atom is 0.184 e. The summed E-state index contributed by atoms with van der Waals surface area (Å²) in [6, 6.07) is 20.5. The van der Waals surface area contributed by atoms with E-state index in [1.807, 2.05) is 42.5 Å². The highest BCUT2D eigenvalue weighted by atomic mass is 16.5. The van der Waals surface area contributed by atoms with Crippen LogP contribution < -0.4 is 4.74 Å². The zero-order valence-electron chi connectivity index (χ0n) is 13.6. The second-order valence-corrected chi connectivity index (χ2v) is 6.21. The van der Waals surface area contributed by atoms with Crippen molar-refractivity contribution >= 4 is 22.8 Å². The molecule has 1 unspecified atom stereocenters. The smallest absolute Gasteiger partial charge is 0.184 e. The van der Waals surface area contributed by atoms with Gasteiger partial charge in [0.25, 0.3) is 0 Å². The molecule has 0 saturated heterocycles. The highest BCUT2D eigenvalue weighted by Gasteiger charge is 2.47. The molecule has 0 saturated carbocycles. The Kier molecular flexibility index (Phi) is 3.50. The highest BCUT2D eigenvalue weighted by Crippen LogP contribution is 2.42. The van der Waals surface area contributed by atoms with Gasteiger partial charge in [-0.3, -0.25) is 4.79 Å². The topological polar surface area (TPSA) is 43.4 Å². The summed E-state index contributed by atoms with van der Waals surface area (Å²) in [4.78, 5) is 25.6. The molecule has 0 N–H and O–H groups in total. The molecule has 1 heterocycles. The van der Waals surface area contributed by atoms with Gasteiger partial charge in [0.05, 0.1) is 0 Å². The second-order valence-electron chi connectivity index (χ2n) is 6.21. The summed E-state index contributed by atoms with van der Waals surface area (Å²) in [6.45, 7) is 4.12. The van der Waals surface area contributed by atoms with E-state index in [0.29, 0.717) is 28.7 Å². The monoisotopic (exact) mass is 328 g/mol. The number of benzene rings is 3. The molecule has 0 radical (unpaired) electrons. The Bertz CT molecular complexity index is 1020. The SMILES string of the molecule is C=C1COc2ccccc2C1(C=O)C(=O)c1ccc2ccccc2c1. The molecule has 122 valence electrons. The minimum atomic E-state index is -1.41. The first-order chi connectivity index (χ1) is 12.2. The standard InChI is InChI=1S/C22H16O3/c1-15-13-25-20-9-5-4-8-19(20)22(15,14-23)21(24)18-11-10-16-6-2-3-7-17(16)12-18/h2-12,14H,1,13H2. The molecule has 1 aliphatic rings. The molecule has 3 aromatic carbocycles. The molecule has 1 aliphatic heterocycles. The Labute approximate surface area is 145 Å². The van der Waals surface area contributed by atoms with Crippen LogP contribution in [0.2, 0.25) is 0 Å². The van der Waals surface area contributed by atoms with Gasteiger partial charge in [0, 0.05) is 11.1 Å². The van der Waals surface area contributed by atoms with E-state index in [1.165, 1.54) is 0 Å². The predicted molar refractivity (Wildman–Crippen MR) is 97.1 cm³/mol. The van der Waals surface area contributed by atoms with Gasteiger partial charge in [0.15, 0.2) is 5.78 Å². The van der Waals surface area contributed by atoms with E-state index in [0.717, 1.165) is 10.8 Å². The van der Waals surface area contributed by atoms with E-state index in [1.54, 1.807) is 24.3 Å². The highest BCUT2D eigenvalue weighted by molar-refractivity contribution is 6.17. The summed E-state index contributed by atoms with van der Waals surface area (Å²) in [7, 11) is 0. The predicted octanol–water partition coefficient (Wildman–Crippen LogP) is 4.11. The van der Waals surface area contributed by atoms with Crippen LogP contribution in [0.3, 0.4) is 0 Å². The summed E-state index contributed by atoms with van der Waals surface area (Å²) in [5.74, 6) is 0.283. The largest absolute Gasteiger partial charge is 0.489 e. The van der Waals surface area contributed by atoms with Crippen molar-refractivity contribution in [1.82, 2.24) is 0 Å². The quantitative estimate of drug-likeness (QED) is 0.314. The molecule has 1 atom stereocenters. The van der Waals surface area contributed by atoms with Crippen molar-refractivity contribution in [3.8, 4) is 5.75 Å². The van der Waals surface area contributed by atoms with Crippen molar-refractivity contribution in [1.29, 1.82) is 0 Å². The van der Waals surface area contributed by atoms with Crippen molar-refractivity contribution in [3.05, 3.63) is 90.0 Å². The number of aldehydes is 1. The third-order valence-corrected chi connectivity index (χ3v) is 4.82. The summed E-state index contributed by atoms with van der Waals surface area (Å²) in [5.41, 5.74) is 0.0968. The van der Waals surface area contributed by atoms with Gasteiger partial charge in [-0.2, -0.15) is 0 Å². The Hall–Kier alpha value is -3.20. The van der Waals surface area contributed by atoms with E-state index >= 15 is 0 Å². The average Bonchev–Trinajstić information content (AvgIpc) is 2.67. The number of para-hydroxylation sites is 1. The lowest BCUT2D eigenvalue weighted by atomic mass is 9.69. The molecule has 3 heteroatoms. The summed E-state index contributed by atoms with van der Waals surface area (Å²) < 4.78 is 5.64. The molecule has 0 fully saturated rings. The van der Waals surface area contributed by atoms with Crippen molar-refractivity contribution in [2.75, 3.05) is 6.61 Å². The lowest BCUT2D eigenvalue weighted by Crippen LogP contribution is -2.44. The average molecular weight is 328 g/mol. The van der Waals surface area contributed by atoms with Crippen molar-refractivity contribution in [2.24, 2.45) is 0 Å². The first-order valence-electron chi connectivity index (χ1n) is 8.07. The number of ketones is 1. The molecule has 25 heavy (non-hydrogen) atoms. The van der Waals surface area contributed by atoms with E-state index < -0.39 is 5.41 Å². The van der Waals surface area contributed by atoms with Gasteiger partial charge >= 0.3 is 0 Å². The van der Waals surface area contributed by atoms with Crippen LogP contribution in [0, 0.1) is 0 Å². The van der Waals surface area contributed by atoms with Crippen LogP contribution in [0.15, 0.2) is 78.9 Å². The summed E-state index contributed by atoms with van der Waals surface area (Å²) >= 11 is 0. The second kappa shape index (κ2) is 5.71. The van der Waals surface area contributed by atoms with Crippen LogP contribution in [0.5, 0.6) is 5.75 Å². The molecule has 0 spiro atoms. The molecule has 0 aliphatic carbocycles. The number of carbonyl (C=O) groups excluding carboxylic acids is 2. The zero-order chi connectivity index (χ0) is 17.4. The Morgan fingerprint density at radius 2 is 1.72 bits per heavy atom. The molecule has 4 rings (SSSR count). The minimum absolute atomic E-state index is 0.148. The van der Waals surface area contributed by atoms with Gasteiger partial charge in [-0.15, -0.1) is 0 Å². The molecule has 0 aromatic heterocycles. The van der Waals surface area contributed by atoms with Crippen LogP contribution in [0.4, 0.5) is 0 Å². The van der Waals surface area contributed by atoms with Crippen LogP contribution >= 0.6 is 0 Å². The van der Waals surface area contributed by atoms with Crippen molar-refractivity contribution in [2.45, 2.75) is 5.41 Å². The molecule has 3 nitrogen and oxygen atoms in total. The van der Waals surface area contributed by atoms with Gasteiger partial charge < -0.3 is 9.53 Å². The van der Waals surface area contributed by atoms with Crippen LogP contribution in [-0.2, 0) is 10.2 Å². The summed E-state index contributed by atoms with van der Waals surface area (Å²) in [5, 5.41) is 2.01. The maximum absolute atomic E-state index is 13.4. The maximum atomic E-state index is 13.4. The fourth-order valence-electron chi connectivity index (χ4n) is 3.43. The Morgan fingerprint density at radius 1 is 1.00 bits per heavy atom. The van der Waals surface area contributed by atoms with E-state index in [-0.39, 0.29) is 12.4 Å². The van der Waals surface area contributed by atoms with Gasteiger partial charge in [-0.05, 0) is 28.5 Å². The van der Waals surface area contributed by atoms with E-state index in [4.69, 9.17) is 4.74 Å². The van der Waals surface area contributed by atoms with Crippen molar-refractivity contribution < 1.29 is 14.3 Å². The van der Waals surface area contributed by atoms with E-state index in [9.17, 15) is 9.59 Å². The fourth-order valence-corrected chi connectivity index (χ4v) is 3.43. The Balaban J connectivity index is 1.91. The first-order valence-corrected chi connectivity index (χ1v) is 8.07. The molecule has 3 aromatic rings. The lowest BCUT2D eigenvalue weighted by Gasteiger charge is -2.35. The number of ether oxygens (including phenoxy) is 1. The summed E-state index contributed by atoms with van der Waals surface area (Å²) in [6.07, 6.45) is 0.703. The van der Waals surface area contributed by atoms with Gasteiger partial charge in [-0.25, -0.2) is 0 Å². The third kappa shape index (κ3) is 2.20. The lowest BCUT2D eigenvalue weighted by molar-refractivity contribution is -0.110. The number of rotatable bonds is 3. The Morgan fingerprint density at radius 3 is 2.52 bits per heavy atom. The van der Waals surface area contributed by atoms with Crippen LogP contribution in [0.25, 0.3) is 10.8 Å². The fraction of sp³-hybridized carbons (Fsp3) is 0.0909. The van der Waals surface area contributed by atoms with Gasteiger partial charge in [0.1, 0.15) is 24.1 Å². The number of hydrogen-bond acceptors (Lipinski definition) is 3. The number of fused-ring (bicyclic) bond motifs is 2. The number of hydrogen-bond donors (Lipinski definition) is 0. The first kappa shape index (κ1) is 15.3. The third-order valence-electron chi connectivity index (χ3n) is 4.82. The molecule has 0 bridgehead atoms. The van der Waals surface area contributed by atoms with E-state index in [2.05, 4.69) is 6.58 Å². The molecule has 0 amide bonds. The van der Waals surface area contributed by atoms with Gasteiger partial charge in [-0.1, -0.05) is 61.2 Å². The molecular formula is C22H16O3. The number of carbonyl (C=O) groups is 2. The molecular weight excluding hydrogens is 312 g/mol. The minimum Gasteiger partial charge on any atom is -0.489 e. The van der Waals surface area contributed by atoms with Crippen LogP contribution in [0.1, 0.15) is 15.9 Å². The zero-order valence-corrected chi connectivity index (χ0v) is 13.6. The normalized spacial score (nSPS) is 19.1. The van der Waals surface area contributed by atoms with Crippen LogP contribution in [-0.4, -0.2) is 18.7 Å². The number of Topliss-reactive ketones (excluding diaryl/α,β-unsaturated/α-hetero) is 1. The van der Waals surface area contributed by atoms with Gasteiger partial charge in [0.2, 0.25) is 0 Å².